The summed E-state index contributed by atoms with van der Waals surface area (Å²) in [6.07, 6.45) is 10.7. The van der Waals surface area contributed by atoms with Crippen molar-refractivity contribution in [1.82, 2.24) is 14.0 Å². The number of carbonyl (C=O) groups excluding carboxylic acids is 1. The van der Waals surface area contributed by atoms with Gasteiger partial charge in [0.2, 0.25) is 0 Å². The number of Topliss-reactive ketones (excluding diaryl/α,β-unsaturated/α-hetero) is 1. The number of aliphatic imine (C=N–C) groups is 1. The number of carbonyl (C=O) groups is 1. The van der Waals surface area contributed by atoms with E-state index in [2.05, 4.69) is 4.98 Å². The van der Waals surface area contributed by atoms with Gasteiger partial charge in [0.1, 0.15) is 5.65 Å². The maximum absolute atomic E-state index is 13.3. The largest absolute Gasteiger partial charge is 0.388 e. The SMILES string of the molecule is O=C(C[C@@H]1CCC[C@](O)(Cn2ccccc2=O)C1)c1ccc2c(c1)C(c1ccc3nccn3c1)=NC2. The minimum Gasteiger partial charge on any atom is -0.388 e. The molecular formula is C29H28N4O3. The van der Waals surface area contributed by atoms with Crippen LogP contribution < -0.4 is 5.56 Å². The van der Waals surface area contributed by atoms with Crippen molar-refractivity contribution >= 4 is 17.1 Å². The molecule has 4 aromatic rings. The van der Waals surface area contributed by atoms with Crippen LogP contribution in [-0.4, -0.2) is 36.2 Å². The molecule has 7 nitrogen and oxygen atoms in total. The third kappa shape index (κ3) is 4.31. The zero-order chi connectivity index (χ0) is 24.7. The van der Waals surface area contributed by atoms with Gasteiger partial charge in [-0.25, -0.2) is 4.98 Å². The molecule has 6 rings (SSSR count). The molecule has 0 bridgehead atoms. The Morgan fingerprint density at radius 2 is 2.06 bits per heavy atom. The van der Waals surface area contributed by atoms with Gasteiger partial charge in [0.05, 0.1) is 24.4 Å². The molecule has 2 aliphatic rings. The summed E-state index contributed by atoms with van der Waals surface area (Å²) in [5, 5.41) is 11.3. The summed E-state index contributed by atoms with van der Waals surface area (Å²) in [5.41, 5.74) is 4.49. The number of rotatable bonds is 6. The number of aliphatic hydroxyl groups is 1. The molecule has 1 N–H and O–H groups in total. The van der Waals surface area contributed by atoms with Crippen molar-refractivity contribution in [2.45, 2.75) is 50.8 Å². The summed E-state index contributed by atoms with van der Waals surface area (Å²) in [7, 11) is 0. The van der Waals surface area contributed by atoms with E-state index in [0.29, 0.717) is 31.4 Å². The van der Waals surface area contributed by atoms with Crippen molar-refractivity contribution in [1.29, 1.82) is 0 Å². The summed E-state index contributed by atoms with van der Waals surface area (Å²) in [5.74, 6) is 0.168. The fraction of sp³-hybridized carbons (Fsp3) is 0.310. The van der Waals surface area contributed by atoms with Crippen LogP contribution in [-0.2, 0) is 13.1 Å². The van der Waals surface area contributed by atoms with Gasteiger partial charge >= 0.3 is 0 Å². The molecule has 4 heterocycles. The zero-order valence-electron chi connectivity index (χ0n) is 20.0. The van der Waals surface area contributed by atoms with Gasteiger partial charge in [-0.3, -0.25) is 14.6 Å². The quantitative estimate of drug-likeness (QED) is 0.422. The molecule has 1 aromatic carbocycles. The molecule has 0 unspecified atom stereocenters. The third-order valence-electron chi connectivity index (χ3n) is 7.52. The van der Waals surface area contributed by atoms with Gasteiger partial charge in [0, 0.05) is 54.0 Å². The second-order valence-electron chi connectivity index (χ2n) is 10.1. The molecule has 0 amide bonds. The maximum atomic E-state index is 13.3. The molecule has 3 aromatic heterocycles. The Balaban J connectivity index is 1.18. The van der Waals surface area contributed by atoms with Crippen LogP contribution in [0.5, 0.6) is 0 Å². The van der Waals surface area contributed by atoms with E-state index in [1.54, 1.807) is 29.1 Å². The Hall–Kier alpha value is -3.84. The molecule has 182 valence electrons. The number of hydrogen-bond acceptors (Lipinski definition) is 5. The van der Waals surface area contributed by atoms with Crippen LogP contribution in [0.3, 0.4) is 0 Å². The number of pyridine rings is 2. The topological polar surface area (TPSA) is 89.0 Å². The fourth-order valence-electron chi connectivity index (χ4n) is 5.73. The van der Waals surface area contributed by atoms with Gasteiger partial charge in [-0.1, -0.05) is 24.6 Å². The molecular weight excluding hydrogens is 452 g/mol. The highest BCUT2D eigenvalue weighted by Crippen LogP contribution is 2.36. The number of hydrogen-bond donors (Lipinski definition) is 1. The van der Waals surface area contributed by atoms with E-state index in [-0.39, 0.29) is 23.8 Å². The van der Waals surface area contributed by atoms with Crippen molar-refractivity contribution in [3.05, 3.63) is 106 Å². The average Bonchev–Trinajstić information content (AvgIpc) is 3.51. The molecule has 0 spiro atoms. The lowest BCUT2D eigenvalue weighted by molar-refractivity contribution is -0.0309. The normalized spacial score (nSPS) is 21.4. The highest BCUT2D eigenvalue weighted by molar-refractivity contribution is 6.16. The van der Waals surface area contributed by atoms with E-state index >= 15 is 0 Å². The minimum atomic E-state index is -0.974. The molecule has 1 fully saturated rings. The van der Waals surface area contributed by atoms with Crippen LogP contribution >= 0.6 is 0 Å². The number of fused-ring (bicyclic) bond motifs is 2. The molecule has 7 heteroatoms. The van der Waals surface area contributed by atoms with Gasteiger partial charge in [-0.2, -0.15) is 0 Å². The van der Waals surface area contributed by atoms with E-state index in [0.717, 1.165) is 40.9 Å². The Morgan fingerprint density at radius 3 is 2.94 bits per heavy atom. The summed E-state index contributed by atoms with van der Waals surface area (Å²) < 4.78 is 3.53. The number of nitrogens with zero attached hydrogens (tertiary/aromatic N) is 4. The summed E-state index contributed by atoms with van der Waals surface area (Å²) in [6.45, 7) is 0.868. The smallest absolute Gasteiger partial charge is 0.250 e. The predicted molar refractivity (Wildman–Crippen MR) is 138 cm³/mol. The van der Waals surface area contributed by atoms with Crippen molar-refractivity contribution < 1.29 is 9.90 Å². The maximum Gasteiger partial charge on any atom is 0.250 e. The second kappa shape index (κ2) is 8.99. The lowest BCUT2D eigenvalue weighted by atomic mass is 9.75. The van der Waals surface area contributed by atoms with Crippen LogP contribution in [0.2, 0.25) is 0 Å². The van der Waals surface area contributed by atoms with Gasteiger partial charge in [-0.15, -0.1) is 0 Å². The Bertz CT molecular complexity index is 1550. The number of ketones is 1. The molecule has 2 atom stereocenters. The van der Waals surface area contributed by atoms with Crippen LogP contribution in [0.25, 0.3) is 5.65 Å². The molecule has 1 aliphatic heterocycles. The van der Waals surface area contributed by atoms with Crippen LogP contribution in [0, 0.1) is 5.92 Å². The van der Waals surface area contributed by atoms with Crippen LogP contribution in [0.4, 0.5) is 0 Å². The molecule has 0 saturated heterocycles. The highest BCUT2D eigenvalue weighted by atomic mass is 16.3. The Morgan fingerprint density at radius 1 is 1.14 bits per heavy atom. The zero-order valence-corrected chi connectivity index (χ0v) is 20.0. The summed E-state index contributed by atoms with van der Waals surface area (Å²) in [4.78, 5) is 34.5. The number of aromatic nitrogens is 3. The van der Waals surface area contributed by atoms with Gasteiger partial charge < -0.3 is 14.1 Å². The first-order valence-corrected chi connectivity index (χ1v) is 12.5. The van der Waals surface area contributed by atoms with Gasteiger partial charge in [0.25, 0.3) is 5.56 Å². The third-order valence-corrected chi connectivity index (χ3v) is 7.52. The molecule has 36 heavy (non-hydrogen) atoms. The van der Waals surface area contributed by atoms with Crippen molar-refractivity contribution in [2.75, 3.05) is 0 Å². The summed E-state index contributed by atoms with van der Waals surface area (Å²) in [6, 6.07) is 14.9. The summed E-state index contributed by atoms with van der Waals surface area (Å²) >= 11 is 0. The second-order valence-corrected chi connectivity index (χ2v) is 10.1. The molecule has 1 saturated carbocycles. The minimum absolute atomic E-state index is 0.0836. The predicted octanol–water partition coefficient (Wildman–Crippen LogP) is 4.04. The monoisotopic (exact) mass is 480 g/mol. The highest BCUT2D eigenvalue weighted by Gasteiger charge is 2.36. The van der Waals surface area contributed by atoms with Gasteiger partial charge in [0.15, 0.2) is 5.78 Å². The standard InChI is InChI=1S/C29H28N4O3/c34-25(14-20-4-3-10-29(36,16-20)19-33-12-2-1-5-27(33)35)21-6-7-22-17-31-28(24(22)15-21)23-8-9-26-30-11-13-32(26)18-23/h1-2,5-9,11-13,15,18,20,36H,3-4,10,14,16-17,19H2/t20-,29+/m0/s1. The molecule has 0 radical (unpaired) electrons. The lowest BCUT2D eigenvalue weighted by Crippen LogP contribution is -2.42. The van der Waals surface area contributed by atoms with E-state index in [1.807, 2.05) is 47.1 Å². The Kier molecular flexibility index (Phi) is 5.64. The van der Waals surface area contributed by atoms with E-state index < -0.39 is 5.60 Å². The van der Waals surface area contributed by atoms with Crippen molar-refractivity contribution in [2.24, 2.45) is 10.9 Å². The van der Waals surface area contributed by atoms with Crippen molar-refractivity contribution in [3.63, 3.8) is 0 Å². The fourth-order valence-corrected chi connectivity index (χ4v) is 5.73. The number of benzene rings is 1. The van der Waals surface area contributed by atoms with Crippen molar-refractivity contribution in [3.8, 4) is 0 Å². The molecule has 1 aliphatic carbocycles. The first-order valence-electron chi connectivity index (χ1n) is 12.5. The van der Waals surface area contributed by atoms with E-state index in [4.69, 9.17) is 4.99 Å². The first-order chi connectivity index (χ1) is 17.5. The Labute approximate surface area is 208 Å². The van der Waals surface area contributed by atoms with E-state index in [9.17, 15) is 14.7 Å². The van der Waals surface area contributed by atoms with Gasteiger partial charge in [-0.05, 0) is 55.0 Å². The first kappa shape index (κ1) is 22.6. The number of imidazole rings is 1. The van der Waals surface area contributed by atoms with E-state index in [1.165, 1.54) is 6.07 Å². The lowest BCUT2D eigenvalue weighted by Gasteiger charge is -2.37. The average molecular weight is 481 g/mol. The van der Waals surface area contributed by atoms with Crippen LogP contribution in [0.1, 0.15) is 59.2 Å². The van der Waals surface area contributed by atoms with Crippen LogP contribution in [0.15, 0.2) is 83.1 Å².